The number of rotatable bonds is 5. The van der Waals surface area contributed by atoms with Crippen molar-refractivity contribution >= 4 is 6.41 Å². The first-order chi connectivity index (χ1) is 5.22. The first-order valence-electron chi connectivity index (χ1n) is 3.75. The molecule has 0 radical (unpaired) electrons. The predicted octanol–water partition coefficient (Wildman–Crippen LogP) is 0.586. The average molecular weight is 156 g/mol. The zero-order valence-electron chi connectivity index (χ0n) is 7.37. The van der Waals surface area contributed by atoms with Crippen LogP contribution in [0.1, 0.15) is 13.8 Å². The summed E-state index contributed by atoms with van der Waals surface area (Å²) in [6.45, 7) is 4.64. The van der Waals surface area contributed by atoms with Crippen LogP contribution in [-0.4, -0.2) is 30.9 Å². The standard InChI is InChI=1S/C8H16N2O/c1-8(2)10(7-11)6-4-5-9-3/h4-5,7-9H,6H2,1-3H3/b5-4-. The van der Waals surface area contributed by atoms with Crippen LogP contribution in [-0.2, 0) is 4.79 Å². The van der Waals surface area contributed by atoms with E-state index in [-0.39, 0.29) is 6.04 Å². The normalized spacial score (nSPS) is 10.5. The van der Waals surface area contributed by atoms with Crippen LogP contribution in [0.2, 0.25) is 0 Å². The molecule has 1 amide bonds. The fourth-order valence-electron chi connectivity index (χ4n) is 0.668. The molecule has 0 bridgehead atoms. The second kappa shape index (κ2) is 5.77. The van der Waals surface area contributed by atoms with E-state index in [1.807, 2.05) is 33.2 Å². The summed E-state index contributed by atoms with van der Waals surface area (Å²) in [5.74, 6) is 0. The van der Waals surface area contributed by atoms with Crippen LogP contribution in [0.3, 0.4) is 0 Å². The number of nitrogens with zero attached hydrogens (tertiary/aromatic N) is 1. The largest absolute Gasteiger partial charge is 0.394 e. The maximum atomic E-state index is 10.4. The summed E-state index contributed by atoms with van der Waals surface area (Å²) in [6.07, 6.45) is 4.60. The highest BCUT2D eigenvalue weighted by atomic mass is 16.1. The Balaban J connectivity index is 3.69. The first kappa shape index (κ1) is 10.0. The lowest BCUT2D eigenvalue weighted by molar-refractivity contribution is -0.119. The topological polar surface area (TPSA) is 32.3 Å². The molecule has 3 nitrogen and oxygen atoms in total. The van der Waals surface area contributed by atoms with E-state index in [9.17, 15) is 4.79 Å². The molecule has 0 aliphatic carbocycles. The maximum Gasteiger partial charge on any atom is 0.210 e. The van der Waals surface area contributed by atoms with E-state index in [0.717, 1.165) is 6.41 Å². The van der Waals surface area contributed by atoms with Crippen molar-refractivity contribution in [2.45, 2.75) is 19.9 Å². The van der Waals surface area contributed by atoms with Crippen LogP contribution in [0, 0.1) is 0 Å². The number of carbonyl (C=O) groups excluding carboxylic acids is 1. The van der Waals surface area contributed by atoms with Crippen LogP contribution < -0.4 is 5.32 Å². The van der Waals surface area contributed by atoms with Gasteiger partial charge < -0.3 is 10.2 Å². The number of amides is 1. The molecule has 11 heavy (non-hydrogen) atoms. The molecule has 0 atom stereocenters. The van der Waals surface area contributed by atoms with Crippen LogP contribution in [0.25, 0.3) is 0 Å². The molecule has 1 N–H and O–H groups in total. The van der Waals surface area contributed by atoms with Gasteiger partial charge in [-0.15, -0.1) is 0 Å². The van der Waals surface area contributed by atoms with E-state index >= 15 is 0 Å². The Morgan fingerprint density at radius 2 is 2.18 bits per heavy atom. The molecule has 0 rings (SSSR count). The van der Waals surface area contributed by atoms with Gasteiger partial charge in [0.1, 0.15) is 0 Å². The monoisotopic (exact) mass is 156 g/mol. The molecule has 0 aromatic rings. The summed E-state index contributed by atoms with van der Waals surface area (Å²) in [7, 11) is 1.83. The lowest BCUT2D eigenvalue weighted by atomic mass is 10.3. The van der Waals surface area contributed by atoms with E-state index in [0.29, 0.717) is 6.54 Å². The highest BCUT2D eigenvalue weighted by Gasteiger charge is 2.01. The molecule has 0 aromatic heterocycles. The molecule has 0 saturated heterocycles. The van der Waals surface area contributed by atoms with Crippen molar-refractivity contribution in [3.8, 4) is 0 Å². The molecule has 64 valence electrons. The Hall–Kier alpha value is -0.990. The molecular formula is C8H16N2O. The number of hydrogen-bond donors (Lipinski definition) is 1. The van der Waals surface area contributed by atoms with Gasteiger partial charge in [-0.25, -0.2) is 0 Å². The maximum absolute atomic E-state index is 10.4. The lowest BCUT2D eigenvalue weighted by Crippen LogP contribution is -2.29. The molecule has 0 heterocycles. The molecule has 0 saturated carbocycles. The summed E-state index contributed by atoms with van der Waals surface area (Å²) in [5, 5.41) is 2.86. The van der Waals surface area contributed by atoms with E-state index in [1.165, 1.54) is 0 Å². The minimum atomic E-state index is 0.272. The van der Waals surface area contributed by atoms with Crippen molar-refractivity contribution in [3.63, 3.8) is 0 Å². The number of hydrogen-bond acceptors (Lipinski definition) is 2. The zero-order chi connectivity index (χ0) is 8.69. The second-order valence-electron chi connectivity index (χ2n) is 2.59. The molecule has 0 aromatic carbocycles. The molecule has 0 fully saturated rings. The van der Waals surface area contributed by atoms with E-state index in [4.69, 9.17) is 0 Å². The third-order valence-corrected chi connectivity index (χ3v) is 1.40. The van der Waals surface area contributed by atoms with Gasteiger partial charge >= 0.3 is 0 Å². The van der Waals surface area contributed by atoms with Crippen molar-refractivity contribution < 1.29 is 4.79 Å². The van der Waals surface area contributed by atoms with Crippen LogP contribution in [0.5, 0.6) is 0 Å². The van der Waals surface area contributed by atoms with Crippen LogP contribution in [0.15, 0.2) is 12.3 Å². The summed E-state index contributed by atoms with van der Waals surface area (Å²) in [4.78, 5) is 12.1. The molecule has 0 aliphatic heterocycles. The quantitative estimate of drug-likeness (QED) is 0.591. The van der Waals surface area contributed by atoms with Gasteiger partial charge in [-0.2, -0.15) is 0 Å². The molecule has 3 heteroatoms. The molecule has 0 spiro atoms. The van der Waals surface area contributed by atoms with Crippen LogP contribution in [0.4, 0.5) is 0 Å². The molecule has 0 aliphatic rings. The van der Waals surface area contributed by atoms with Crippen LogP contribution >= 0.6 is 0 Å². The van der Waals surface area contributed by atoms with E-state index < -0.39 is 0 Å². The summed E-state index contributed by atoms with van der Waals surface area (Å²) in [6, 6.07) is 0.272. The van der Waals surface area contributed by atoms with Crippen molar-refractivity contribution in [1.29, 1.82) is 0 Å². The Kier molecular flexibility index (Phi) is 5.25. The zero-order valence-corrected chi connectivity index (χ0v) is 7.37. The van der Waals surface area contributed by atoms with Gasteiger partial charge in [-0.1, -0.05) is 0 Å². The third-order valence-electron chi connectivity index (χ3n) is 1.40. The van der Waals surface area contributed by atoms with Gasteiger partial charge in [0.15, 0.2) is 0 Å². The number of nitrogens with one attached hydrogen (secondary N) is 1. The molecule has 0 unspecified atom stereocenters. The summed E-state index contributed by atoms with van der Waals surface area (Å²) in [5.41, 5.74) is 0. The SMILES string of the molecule is CN/C=C\CN(C=O)C(C)C. The Labute approximate surface area is 68.1 Å². The minimum Gasteiger partial charge on any atom is -0.394 e. The van der Waals surface area contributed by atoms with Crippen molar-refractivity contribution in [1.82, 2.24) is 10.2 Å². The summed E-state index contributed by atoms with van der Waals surface area (Å²) < 4.78 is 0. The van der Waals surface area contributed by atoms with Crippen molar-refractivity contribution in [3.05, 3.63) is 12.3 Å². The highest BCUT2D eigenvalue weighted by molar-refractivity contribution is 5.47. The summed E-state index contributed by atoms with van der Waals surface area (Å²) >= 11 is 0. The van der Waals surface area contributed by atoms with Gasteiger partial charge in [0.25, 0.3) is 0 Å². The second-order valence-corrected chi connectivity index (χ2v) is 2.59. The minimum absolute atomic E-state index is 0.272. The fourth-order valence-corrected chi connectivity index (χ4v) is 0.668. The van der Waals surface area contributed by atoms with Gasteiger partial charge in [0.05, 0.1) is 0 Å². The Morgan fingerprint density at radius 1 is 1.55 bits per heavy atom. The first-order valence-corrected chi connectivity index (χ1v) is 3.75. The number of carbonyl (C=O) groups is 1. The van der Waals surface area contributed by atoms with Gasteiger partial charge in [-0.3, -0.25) is 4.79 Å². The predicted molar refractivity (Wildman–Crippen MR) is 46.1 cm³/mol. The Morgan fingerprint density at radius 3 is 2.55 bits per heavy atom. The fraction of sp³-hybridized carbons (Fsp3) is 0.625. The van der Waals surface area contributed by atoms with Gasteiger partial charge in [-0.05, 0) is 26.1 Å². The van der Waals surface area contributed by atoms with Gasteiger partial charge in [0.2, 0.25) is 6.41 Å². The smallest absolute Gasteiger partial charge is 0.210 e. The Bertz CT molecular complexity index is 132. The van der Waals surface area contributed by atoms with Gasteiger partial charge in [0, 0.05) is 19.6 Å². The van der Waals surface area contributed by atoms with E-state index in [1.54, 1.807) is 4.90 Å². The van der Waals surface area contributed by atoms with Crippen molar-refractivity contribution in [2.24, 2.45) is 0 Å². The third kappa shape index (κ3) is 4.42. The van der Waals surface area contributed by atoms with E-state index in [2.05, 4.69) is 5.32 Å². The van der Waals surface area contributed by atoms with Crippen molar-refractivity contribution in [2.75, 3.05) is 13.6 Å². The average Bonchev–Trinajstić information content (AvgIpc) is 1.97. The highest BCUT2D eigenvalue weighted by Crippen LogP contribution is 1.92. The lowest BCUT2D eigenvalue weighted by Gasteiger charge is -2.19. The molecular weight excluding hydrogens is 140 g/mol.